The van der Waals surface area contributed by atoms with Gasteiger partial charge in [-0.05, 0) is 90.6 Å². The SMILES string of the molecule is CC1(C)OB(c2cc(C(F)F)cc(S(=O)(=NCC(=O)O)c3cc(B4OC(C)(C)C(C)(C)O4)cc(C(F)F)c3)c2)OC1(C)C. The molecule has 2 heterocycles. The molecule has 2 aromatic rings. The van der Waals surface area contributed by atoms with E-state index in [9.17, 15) is 31.7 Å². The van der Waals surface area contributed by atoms with Crippen LogP contribution in [-0.4, -0.2) is 58.5 Å². The number of rotatable bonds is 8. The van der Waals surface area contributed by atoms with E-state index in [1.807, 2.05) is 0 Å². The van der Waals surface area contributed by atoms with Crippen molar-refractivity contribution in [1.29, 1.82) is 0 Å². The predicted molar refractivity (Wildman–Crippen MR) is 154 cm³/mol. The highest BCUT2D eigenvalue weighted by Crippen LogP contribution is 2.39. The van der Waals surface area contributed by atoms with E-state index in [4.69, 9.17) is 18.6 Å². The molecule has 0 bridgehead atoms. The normalized spacial score (nSPS) is 20.7. The van der Waals surface area contributed by atoms with Crippen molar-refractivity contribution in [3.05, 3.63) is 47.5 Å². The molecule has 0 radical (unpaired) electrons. The molecule has 0 unspecified atom stereocenters. The van der Waals surface area contributed by atoms with Crippen LogP contribution in [0.4, 0.5) is 17.6 Å². The van der Waals surface area contributed by atoms with E-state index in [-0.39, 0.29) is 20.7 Å². The summed E-state index contributed by atoms with van der Waals surface area (Å²) in [6.07, 6.45) is -6.06. The third kappa shape index (κ3) is 6.37. The van der Waals surface area contributed by atoms with Crippen molar-refractivity contribution in [3.8, 4) is 0 Å². The van der Waals surface area contributed by atoms with E-state index in [0.29, 0.717) is 0 Å². The molecule has 2 aliphatic heterocycles. The first-order valence-electron chi connectivity index (χ1n) is 13.6. The van der Waals surface area contributed by atoms with Crippen LogP contribution < -0.4 is 10.9 Å². The lowest BCUT2D eigenvalue weighted by atomic mass is 9.78. The molecule has 0 saturated carbocycles. The second-order valence-electron chi connectivity index (χ2n) is 12.7. The van der Waals surface area contributed by atoms with Gasteiger partial charge in [0, 0.05) is 11.1 Å². The van der Waals surface area contributed by atoms with E-state index in [1.165, 1.54) is 12.1 Å². The zero-order valence-electron chi connectivity index (χ0n) is 25.2. The van der Waals surface area contributed by atoms with Crippen LogP contribution in [0, 0.1) is 0 Å². The highest BCUT2D eigenvalue weighted by Gasteiger charge is 2.53. The number of aliphatic carboxylic acids is 1. The first kappa shape index (κ1) is 33.4. The van der Waals surface area contributed by atoms with Gasteiger partial charge in [0.25, 0.3) is 12.9 Å². The second kappa shape index (κ2) is 11.2. The van der Waals surface area contributed by atoms with Crippen LogP contribution in [0.2, 0.25) is 0 Å². The average Bonchev–Trinajstić information content (AvgIpc) is 3.26. The minimum Gasteiger partial charge on any atom is -0.480 e. The number of carboxylic acid groups (broad SMARTS) is 1. The Kier molecular flexibility index (Phi) is 8.68. The van der Waals surface area contributed by atoms with Crippen LogP contribution in [0.25, 0.3) is 0 Å². The number of alkyl halides is 4. The number of carbonyl (C=O) groups is 1. The quantitative estimate of drug-likeness (QED) is 0.320. The fraction of sp³-hybridized carbons (Fsp3) is 0.536. The van der Waals surface area contributed by atoms with E-state index in [0.717, 1.165) is 24.3 Å². The third-order valence-electron chi connectivity index (χ3n) is 8.48. The van der Waals surface area contributed by atoms with Crippen molar-refractivity contribution in [2.45, 2.75) is 100 Å². The summed E-state index contributed by atoms with van der Waals surface area (Å²) in [5.74, 6) is -1.46. The van der Waals surface area contributed by atoms with Crippen molar-refractivity contribution in [2.75, 3.05) is 6.54 Å². The van der Waals surface area contributed by atoms with Crippen LogP contribution in [0.5, 0.6) is 0 Å². The smallest absolute Gasteiger partial charge is 0.480 e. The molecule has 2 aromatic carbocycles. The van der Waals surface area contributed by atoms with Gasteiger partial charge in [0.2, 0.25) is 0 Å². The Morgan fingerprint density at radius 2 is 1.05 bits per heavy atom. The highest BCUT2D eigenvalue weighted by atomic mass is 32.2. The molecule has 0 aromatic heterocycles. The summed E-state index contributed by atoms with van der Waals surface area (Å²) in [5.41, 5.74) is -4.29. The predicted octanol–water partition coefficient (Wildman–Crippen LogP) is 5.13. The minimum atomic E-state index is -4.12. The maximum atomic E-state index is 14.8. The lowest BCUT2D eigenvalue weighted by molar-refractivity contribution is -0.135. The molecule has 0 aliphatic carbocycles. The van der Waals surface area contributed by atoms with Gasteiger partial charge >= 0.3 is 20.2 Å². The maximum absolute atomic E-state index is 14.8. The zero-order chi connectivity index (χ0) is 32.3. The maximum Gasteiger partial charge on any atom is 0.494 e. The first-order chi connectivity index (χ1) is 19.6. The van der Waals surface area contributed by atoms with Crippen molar-refractivity contribution in [1.82, 2.24) is 0 Å². The Morgan fingerprint density at radius 1 is 0.721 bits per heavy atom. The van der Waals surface area contributed by atoms with E-state index in [2.05, 4.69) is 4.36 Å². The van der Waals surface area contributed by atoms with Gasteiger partial charge in [-0.1, -0.05) is 12.1 Å². The fourth-order valence-corrected chi connectivity index (χ4v) is 6.57. The van der Waals surface area contributed by atoms with Crippen LogP contribution in [-0.2, 0) is 33.1 Å². The molecule has 234 valence electrons. The van der Waals surface area contributed by atoms with Gasteiger partial charge in [-0.15, -0.1) is 0 Å². The van der Waals surface area contributed by atoms with Gasteiger partial charge in [-0.2, -0.15) is 0 Å². The second-order valence-corrected chi connectivity index (χ2v) is 14.9. The monoisotopic (exact) mass is 627 g/mol. The van der Waals surface area contributed by atoms with Crippen molar-refractivity contribution in [3.63, 3.8) is 0 Å². The number of nitrogens with zero attached hydrogens (tertiary/aromatic N) is 1. The lowest BCUT2D eigenvalue weighted by Gasteiger charge is -2.32. The van der Waals surface area contributed by atoms with E-state index < -0.39 is 82.9 Å². The molecule has 0 atom stereocenters. The number of carboxylic acids is 1. The molecule has 2 aliphatic rings. The van der Waals surface area contributed by atoms with Crippen LogP contribution >= 0.6 is 0 Å². The molecule has 0 spiro atoms. The summed E-state index contributed by atoms with van der Waals surface area (Å²) in [4.78, 5) is 10.9. The van der Waals surface area contributed by atoms with Gasteiger partial charge in [0.05, 0.1) is 32.2 Å². The minimum absolute atomic E-state index is 0.0842. The Balaban J connectivity index is 1.95. The summed E-state index contributed by atoms with van der Waals surface area (Å²) in [5, 5.41) is 9.40. The average molecular weight is 627 g/mol. The number of hydrogen-bond acceptors (Lipinski definition) is 7. The molecule has 4 rings (SSSR count). The van der Waals surface area contributed by atoms with Crippen LogP contribution in [0.1, 0.15) is 79.4 Å². The molecule has 43 heavy (non-hydrogen) atoms. The summed E-state index contributed by atoms with van der Waals surface area (Å²) in [6.45, 7) is 13.1. The van der Waals surface area contributed by atoms with Gasteiger partial charge in [0.1, 0.15) is 16.3 Å². The standard InChI is InChI=1S/C28H35B2F4NO7S/c1-25(2)26(3,4)40-29(39-25)18-9-16(23(31)32)11-20(13-18)43(38,35-15-22(36)37)21-12-17(24(33)34)10-19(14-21)30-41-27(5,6)28(7,8)42-30/h9-14,23-24H,15H2,1-8H3,(H,36,37). The molecule has 15 heteroatoms. The van der Waals surface area contributed by atoms with Crippen LogP contribution in [0.15, 0.2) is 50.6 Å². The highest BCUT2D eigenvalue weighted by molar-refractivity contribution is 7.93. The topological polar surface area (TPSA) is 104 Å². The largest absolute Gasteiger partial charge is 0.494 e. The van der Waals surface area contributed by atoms with Crippen molar-refractivity contribution >= 4 is 40.9 Å². The van der Waals surface area contributed by atoms with Gasteiger partial charge in [0.15, 0.2) is 0 Å². The number of hydrogen-bond donors (Lipinski definition) is 1. The third-order valence-corrected chi connectivity index (χ3v) is 10.7. The summed E-state index contributed by atoms with van der Waals surface area (Å²) in [7, 11) is -6.40. The van der Waals surface area contributed by atoms with Gasteiger partial charge < -0.3 is 23.7 Å². The Bertz CT molecular complexity index is 1410. The molecule has 2 fully saturated rings. The van der Waals surface area contributed by atoms with Crippen LogP contribution in [0.3, 0.4) is 0 Å². The molecular weight excluding hydrogens is 592 g/mol. The molecule has 0 amide bonds. The summed E-state index contributed by atoms with van der Waals surface area (Å²) in [6, 6.07) is 6.67. The Labute approximate surface area is 249 Å². The first-order valence-corrected chi connectivity index (χ1v) is 15.1. The molecule has 1 N–H and O–H groups in total. The number of benzene rings is 2. The Hall–Kier alpha value is -2.45. The van der Waals surface area contributed by atoms with Gasteiger partial charge in [-0.25, -0.2) is 26.1 Å². The molecule has 2 saturated heterocycles. The zero-order valence-corrected chi connectivity index (χ0v) is 26.1. The fourth-order valence-electron chi connectivity index (χ4n) is 4.53. The Morgan fingerprint density at radius 3 is 1.33 bits per heavy atom. The summed E-state index contributed by atoms with van der Waals surface area (Å²) < 4.78 is 99.5. The lowest BCUT2D eigenvalue weighted by Crippen LogP contribution is -2.41. The van der Waals surface area contributed by atoms with Crippen molar-refractivity contribution in [2.24, 2.45) is 4.36 Å². The van der Waals surface area contributed by atoms with E-state index in [1.54, 1.807) is 55.4 Å². The van der Waals surface area contributed by atoms with Crippen molar-refractivity contribution < 1.29 is 50.3 Å². The number of halogens is 4. The summed E-state index contributed by atoms with van der Waals surface area (Å²) >= 11 is 0. The van der Waals surface area contributed by atoms with Gasteiger partial charge in [-0.3, -0.25) is 4.79 Å². The van der Waals surface area contributed by atoms with E-state index >= 15 is 0 Å². The molecular formula is C28H35B2F4NO7S. The molecule has 8 nitrogen and oxygen atoms in total.